The molecule has 0 bridgehead atoms. The van der Waals surface area contributed by atoms with E-state index < -0.39 is 0 Å². The van der Waals surface area contributed by atoms with Crippen LogP contribution in [0.1, 0.15) is 9.75 Å². The molecule has 0 saturated carbocycles. The van der Waals surface area contributed by atoms with Gasteiger partial charge in [-0.1, -0.05) is 6.07 Å². The lowest BCUT2D eigenvalue weighted by atomic mass is 10.1. The molecule has 0 radical (unpaired) electrons. The summed E-state index contributed by atoms with van der Waals surface area (Å²) in [6.45, 7) is 0. The first kappa shape index (κ1) is 15.6. The first-order chi connectivity index (χ1) is 10.6. The molecule has 0 unspecified atom stereocenters. The van der Waals surface area contributed by atoms with E-state index in [9.17, 15) is 0 Å². The number of allylic oxidation sites excluding steroid dienone is 1. The van der Waals surface area contributed by atoms with E-state index in [0.29, 0.717) is 0 Å². The van der Waals surface area contributed by atoms with E-state index in [4.69, 9.17) is 0 Å². The molecule has 0 aromatic carbocycles. The number of anilines is 1. The van der Waals surface area contributed by atoms with Crippen LogP contribution < -0.4 is 4.90 Å². The third-order valence-electron chi connectivity index (χ3n) is 3.33. The summed E-state index contributed by atoms with van der Waals surface area (Å²) in [6.07, 6.45) is 4.44. The smallest absolute Gasteiger partial charge is 0.239 e. The van der Waals surface area contributed by atoms with Crippen molar-refractivity contribution >= 4 is 50.1 Å². The van der Waals surface area contributed by atoms with Crippen LogP contribution in [0.15, 0.2) is 46.7 Å². The molecular formula is C17H19N2S3+. The lowest BCUT2D eigenvalue weighted by Crippen LogP contribution is -2.05. The molecule has 3 heterocycles. The SMILES string of the molecule is CN(C)c1ccc(C(=C2C=CC(=[N+](C)C)S2)c2cccs2)s1. The molecule has 0 saturated heterocycles. The Bertz CT molecular complexity index is 758. The van der Waals surface area contributed by atoms with Gasteiger partial charge in [0.1, 0.15) is 14.1 Å². The molecule has 0 fully saturated rings. The zero-order valence-corrected chi connectivity index (χ0v) is 15.6. The third-order valence-corrected chi connectivity index (χ3v) is 6.75. The minimum atomic E-state index is 1.29. The molecule has 2 aromatic rings. The lowest BCUT2D eigenvalue weighted by Gasteiger charge is -2.09. The topological polar surface area (TPSA) is 6.25 Å². The molecule has 1 aliphatic heterocycles. The summed E-state index contributed by atoms with van der Waals surface area (Å²) >= 11 is 5.50. The summed E-state index contributed by atoms with van der Waals surface area (Å²) in [4.78, 5) is 6.16. The van der Waals surface area contributed by atoms with Gasteiger partial charge in [-0.2, -0.15) is 0 Å². The van der Waals surface area contributed by atoms with Gasteiger partial charge in [-0.05, 0) is 41.4 Å². The maximum atomic E-state index is 2.24. The van der Waals surface area contributed by atoms with Crippen molar-refractivity contribution in [3.05, 3.63) is 56.5 Å². The van der Waals surface area contributed by atoms with Gasteiger partial charge >= 0.3 is 0 Å². The summed E-state index contributed by atoms with van der Waals surface area (Å²) in [7, 11) is 8.37. The van der Waals surface area contributed by atoms with Gasteiger partial charge in [0.15, 0.2) is 0 Å². The summed E-state index contributed by atoms with van der Waals surface area (Å²) in [6, 6.07) is 8.78. The standard InChI is InChI=1S/C17H19N2S3/c1-18(2)15-9-7-13(21-15)17(12-6-5-11-20-12)14-8-10-16(22-14)19(3)4/h5-11H,1-4H3/q+1. The number of rotatable bonds is 3. The molecule has 0 spiro atoms. The number of thioether (sulfide) groups is 1. The van der Waals surface area contributed by atoms with Crippen molar-refractivity contribution in [1.29, 1.82) is 0 Å². The summed E-state index contributed by atoms with van der Waals surface area (Å²) in [5.74, 6) is 0. The highest BCUT2D eigenvalue weighted by Crippen LogP contribution is 2.42. The number of hydrogen-bond acceptors (Lipinski definition) is 4. The van der Waals surface area contributed by atoms with Crippen molar-refractivity contribution in [1.82, 2.24) is 0 Å². The molecule has 3 rings (SSSR count). The van der Waals surface area contributed by atoms with E-state index >= 15 is 0 Å². The van der Waals surface area contributed by atoms with Crippen LogP contribution in [0.2, 0.25) is 0 Å². The molecule has 5 heteroatoms. The summed E-state index contributed by atoms with van der Waals surface area (Å²) in [5, 5.41) is 4.72. The van der Waals surface area contributed by atoms with E-state index in [2.05, 4.69) is 79.5 Å². The second-order valence-electron chi connectivity index (χ2n) is 5.42. The number of thiophene rings is 2. The van der Waals surface area contributed by atoms with Crippen LogP contribution in [0.3, 0.4) is 0 Å². The summed E-state index contributed by atoms with van der Waals surface area (Å²) < 4.78 is 2.17. The molecule has 0 N–H and O–H groups in total. The minimum absolute atomic E-state index is 1.29. The predicted molar refractivity (Wildman–Crippen MR) is 103 cm³/mol. The van der Waals surface area contributed by atoms with E-state index in [0.717, 1.165) is 0 Å². The highest BCUT2D eigenvalue weighted by molar-refractivity contribution is 8.18. The van der Waals surface area contributed by atoms with Crippen molar-refractivity contribution in [2.75, 3.05) is 33.1 Å². The van der Waals surface area contributed by atoms with Gasteiger partial charge in [0, 0.05) is 40.4 Å². The van der Waals surface area contributed by atoms with Crippen LogP contribution in [-0.2, 0) is 0 Å². The molecule has 0 atom stereocenters. The van der Waals surface area contributed by atoms with Crippen LogP contribution in [0.5, 0.6) is 0 Å². The average Bonchev–Trinajstić information content (AvgIpc) is 3.21. The first-order valence-electron chi connectivity index (χ1n) is 7.02. The molecule has 0 amide bonds. The largest absolute Gasteiger partial charge is 0.370 e. The Labute approximate surface area is 144 Å². The van der Waals surface area contributed by atoms with Gasteiger partial charge in [0.05, 0.1) is 5.00 Å². The Morgan fingerprint density at radius 2 is 1.86 bits per heavy atom. The number of hydrogen-bond donors (Lipinski definition) is 0. The first-order valence-corrected chi connectivity index (χ1v) is 9.53. The predicted octanol–water partition coefficient (Wildman–Crippen LogP) is 4.61. The van der Waals surface area contributed by atoms with Gasteiger partial charge in [0.25, 0.3) is 0 Å². The Morgan fingerprint density at radius 3 is 2.41 bits per heavy atom. The van der Waals surface area contributed by atoms with Crippen LogP contribution in [0.25, 0.3) is 5.57 Å². The van der Waals surface area contributed by atoms with Crippen molar-refractivity contribution < 1.29 is 4.58 Å². The number of nitrogens with zero attached hydrogens (tertiary/aromatic N) is 2. The fourth-order valence-corrected chi connectivity index (χ4v) is 5.19. The second kappa shape index (κ2) is 6.44. The second-order valence-corrected chi connectivity index (χ2v) is 8.49. The molecule has 2 aromatic heterocycles. The zero-order valence-electron chi connectivity index (χ0n) is 13.2. The fraction of sp³-hybridized carbons (Fsp3) is 0.235. The molecule has 2 nitrogen and oxygen atoms in total. The van der Waals surface area contributed by atoms with Crippen LogP contribution >= 0.6 is 34.4 Å². The third kappa shape index (κ3) is 3.07. The Morgan fingerprint density at radius 1 is 1.05 bits per heavy atom. The van der Waals surface area contributed by atoms with Gasteiger partial charge < -0.3 is 4.90 Å². The zero-order chi connectivity index (χ0) is 15.7. The monoisotopic (exact) mass is 347 g/mol. The minimum Gasteiger partial charge on any atom is -0.370 e. The van der Waals surface area contributed by atoms with Crippen molar-refractivity contribution in [3.8, 4) is 0 Å². The Hall–Kier alpha value is -1.30. The highest BCUT2D eigenvalue weighted by Gasteiger charge is 2.22. The van der Waals surface area contributed by atoms with Crippen LogP contribution in [-0.4, -0.2) is 37.8 Å². The molecule has 1 aliphatic rings. The normalized spacial score (nSPS) is 16.3. The quantitative estimate of drug-likeness (QED) is 0.748. The van der Waals surface area contributed by atoms with Gasteiger partial charge in [-0.15, -0.1) is 22.7 Å². The van der Waals surface area contributed by atoms with Crippen molar-refractivity contribution in [3.63, 3.8) is 0 Å². The van der Waals surface area contributed by atoms with E-state index in [1.165, 1.54) is 30.3 Å². The van der Waals surface area contributed by atoms with Gasteiger partial charge in [-0.25, -0.2) is 4.58 Å². The molecule has 114 valence electrons. The molecular weight excluding hydrogens is 328 g/mol. The van der Waals surface area contributed by atoms with Crippen molar-refractivity contribution in [2.24, 2.45) is 0 Å². The maximum Gasteiger partial charge on any atom is 0.239 e. The summed E-state index contributed by atoms with van der Waals surface area (Å²) in [5.41, 5.74) is 1.35. The van der Waals surface area contributed by atoms with Crippen LogP contribution in [0.4, 0.5) is 5.00 Å². The van der Waals surface area contributed by atoms with Crippen LogP contribution in [0, 0.1) is 0 Å². The average molecular weight is 348 g/mol. The van der Waals surface area contributed by atoms with Crippen molar-refractivity contribution in [2.45, 2.75) is 0 Å². The highest BCUT2D eigenvalue weighted by atomic mass is 32.2. The fourth-order valence-electron chi connectivity index (χ4n) is 2.19. The van der Waals surface area contributed by atoms with E-state index in [1.807, 2.05) is 23.1 Å². The molecule has 0 aliphatic carbocycles. The Kier molecular flexibility index (Phi) is 4.57. The van der Waals surface area contributed by atoms with Gasteiger partial charge in [-0.3, -0.25) is 0 Å². The van der Waals surface area contributed by atoms with E-state index in [1.54, 1.807) is 11.3 Å². The maximum absolute atomic E-state index is 2.24. The Balaban J connectivity index is 2.10. The van der Waals surface area contributed by atoms with Gasteiger partial charge in [0.2, 0.25) is 5.04 Å². The lowest BCUT2D eigenvalue weighted by molar-refractivity contribution is -0.460. The van der Waals surface area contributed by atoms with E-state index in [-0.39, 0.29) is 0 Å². The molecule has 22 heavy (non-hydrogen) atoms.